The SMILES string of the molecule is O=C(Cc1cccc(F)c1Cl)CC1CNCCO1. The van der Waals surface area contributed by atoms with E-state index in [0.29, 0.717) is 25.1 Å². The first-order valence-electron chi connectivity index (χ1n) is 5.93. The zero-order valence-electron chi connectivity index (χ0n) is 9.92. The first-order valence-corrected chi connectivity index (χ1v) is 6.31. The fourth-order valence-corrected chi connectivity index (χ4v) is 2.17. The van der Waals surface area contributed by atoms with E-state index in [1.165, 1.54) is 6.07 Å². The maximum absolute atomic E-state index is 13.2. The number of halogens is 2. The third kappa shape index (κ3) is 3.51. The van der Waals surface area contributed by atoms with Gasteiger partial charge in [-0.15, -0.1) is 0 Å². The van der Waals surface area contributed by atoms with Crippen molar-refractivity contribution < 1.29 is 13.9 Å². The number of nitrogens with one attached hydrogen (secondary N) is 1. The second-order valence-corrected chi connectivity index (χ2v) is 4.71. The van der Waals surface area contributed by atoms with Crippen molar-refractivity contribution >= 4 is 17.4 Å². The summed E-state index contributed by atoms with van der Waals surface area (Å²) < 4.78 is 18.7. The molecule has 18 heavy (non-hydrogen) atoms. The summed E-state index contributed by atoms with van der Waals surface area (Å²) in [5, 5.41) is 3.20. The van der Waals surface area contributed by atoms with Gasteiger partial charge in [-0.25, -0.2) is 4.39 Å². The van der Waals surface area contributed by atoms with E-state index in [-0.39, 0.29) is 23.3 Å². The summed E-state index contributed by atoms with van der Waals surface area (Å²) >= 11 is 5.81. The standard InChI is InChI=1S/C13H15ClFNO2/c14-13-9(2-1-3-12(13)15)6-10(17)7-11-8-16-4-5-18-11/h1-3,11,16H,4-8H2. The van der Waals surface area contributed by atoms with Gasteiger partial charge in [0.1, 0.15) is 11.6 Å². The van der Waals surface area contributed by atoms with E-state index in [9.17, 15) is 9.18 Å². The van der Waals surface area contributed by atoms with Crippen molar-refractivity contribution in [3.63, 3.8) is 0 Å². The van der Waals surface area contributed by atoms with E-state index in [0.717, 1.165) is 6.54 Å². The molecule has 3 nitrogen and oxygen atoms in total. The van der Waals surface area contributed by atoms with Crippen LogP contribution in [-0.2, 0) is 16.0 Å². The maximum Gasteiger partial charge on any atom is 0.142 e. The highest BCUT2D eigenvalue weighted by Gasteiger charge is 2.18. The smallest absolute Gasteiger partial charge is 0.142 e. The minimum Gasteiger partial charge on any atom is -0.375 e. The fourth-order valence-electron chi connectivity index (χ4n) is 1.97. The molecule has 1 N–H and O–H groups in total. The van der Waals surface area contributed by atoms with Gasteiger partial charge in [0.05, 0.1) is 17.7 Å². The molecular weight excluding hydrogens is 257 g/mol. The summed E-state index contributed by atoms with van der Waals surface area (Å²) in [5.41, 5.74) is 0.533. The second kappa shape index (κ2) is 6.27. The molecule has 0 saturated carbocycles. The Balaban J connectivity index is 1.92. The van der Waals surface area contributed by atoms with Gasteiger partial charge in [-0.3, -0.25) is 4.79 Å². The van der Waals surface area contributed by atoms with Crippen LogP contribution in [-0.4, -0.2) is 31.6 Å². The molecule has 1 aliphatic rings. The van der Waals surface area contributed by atoms with Crippen LogP contribution < -0.4 is 5.32 Å². The predicted octanol–water partition coefficient (Wildman–Crippen LogP) is 1.97. The number of rotatable bonds is 4. The van der Waals surface area contributed by atoms with Crippen LogP contribution in [0.5, 0.6) is 0 Å². The van der Waals surface area contributed by atoms with Gasteiger partial charge in [0.25, 0.3) is 0 Å². The largest absolute Gasteiger partial charge is 0.375 e. The van der Waals surface area contributed by atoms with Crippen LogP contribution in [0.1, 0.15) is 12.0 Å². The van der Waals surface area contributed by atoms with Crippen LogP contribution in [0.4, 0.5) is 4.39 Å². The number of ketones is 1. The van der Waals surface area contributed by atoms with Gasteiger partial charge in [-0.2, -0.15) is 0 Å². The lowest BCUT2D eigenvalue weighted by Crippen LogP contribution is -2.39. The highest BCUT2D eigenvalue weighted by atomic mass is 35.5. The molecule has 2 rings (SSSR count). The average molecular weight is 272 g/mol. The second-order valence-electron chi connectivity index (χ2n) is 4.33. The summed E-state index contributed by atoms with van der Waals surface area (Å²) in [4.78, 5) is 11.9. The first kappa shape index (κ1) is 13.5. The highest BCUT2D eigenvalue weighted by molar-refractivity contribution is 6.31. The Hall–Kier alpha value is -0.970. The van der Waals surface area contributed by atoms with E-state index >= 15 is 0 Å². The van der Waals surface area contributed by atoms with Crippen LogP contribution in [0, 0.1) is 5.82 Å². The number of hydrogen-bond acceptors (Lipinski definition) is 3. The zero-order chi connectivity index (χ0) is 13.0. The van der Waals surface area contributed by atoms with E-state index in [4.69, 9.17) is 16.3 Å². The number of ether oxygens (including phenoxy) is 1. The van der Waals surface area contributed by atoms with Gasteiger partial charge >= 0.3 is 0 Å². The third-order valence-corrected chi connectivity index (χ3v) is 3.30. The topological polar surface area (TPSA) is 38.3 Å². The molecule has 0 radical (unpaired) electrons. The lowest BCUT2D eigenvalue weighted by molar-refractivity contribution is -0.121. The minimum absolute atomic E-state index is 0.0104. The van der Waals surface area contributed by atoms with Gasteiger partial charge in [0.2, 0.25) is 0 Å². The number of hydrogen-bond donors (Lipinski definition) is 1. The molecule has 1 aromatic rings. The number of benzene rings is 1. The lowest BCUT2D eigenvalue weighted by Gasteiger charge is -2.23. The van der Waals surface area contributed by atoms with Crippen LogP contribution >= 0.6 is 11.6 Å². The Morgan fingerprint density at radius 1 is 1.56 bits per heavy atom. The molecule has 1 aromatic carbocycles. The van der Waals surface area contributed by atoms with Crippen LogP contribution in [0.15, 0.2) is 18.2 Å². The van der Waals surface area contributed by atoms with Crippen LogP contribution in [0.2, 0.25) is 5.02 Å². The molecule has 98 valence electrons. The molecule has 0 spiro atoms. The van der Waals surface area contributed by atoms with Crippen molar-refractivity contribution in [3.8, 4) is 0 Å². The Morgan fingerprint density at radius 3 is 3.11 bits per heavy atom. The number of Topliss-reactive ketones (excluding diaryl/α,β-unsaturated/α-hetero) is 1. The van der Waals surface area contributed by atoms with Gasteiger partial charge in [0.15, 0.2) is 0 Å². The lowest BCUT2D eigenvalue weighted by atomic mass is 10.0. The van der Waals surface area contributed by atoms with E-state index in [2.05, 4.69) is 5.32 Å². The van der Waals surface area contributed by atoms with Crippen molar-refractivity contribution in [2.24, 2.45) is 0 Å². The normalized spacial score (nSPS) is 19.8. The molecule has 0 aromatic heterocycles. The summed E-state index contributed by atoms with van der Waals surface area (Å²) in [6.45, 7) is 2.13. The number of morpholine rings is 1. The van der Waals surface area contributed by atoms with E-state index < -0.39 is 5.82 Å². The molecule has 1 heterocycles. The summed E-state index contributed by atoms with van der Waals surface area (Å²) in [7, 11) is 0. The Bertz CT molecular complexity index is 433. The number of carbonyl (C=O) groups is 1. The minimum atomic E-state index is -0.488. The van der Waals surface area contributed by atoms with Gasteiger partial charge < -0.3 is 10.1 Å². The third-order valence-electron chi connectivity index (χ3n) is 2.88. The summed E-state index contributed by atoms with van der Waals surface area (Å²) in [6.07, 6.45) is 0.398. The highest BCUT2D eigenvalue weighted by Crippen LogP contribution is 2.20. The molecule has 0 bridgehead atoms. The molecule has 0 aliphatic carbocycles. The van der Waals surface area contributed by atoms with Gasteiger partial charge in [-0.05, 0) is 11.6 Å². The predicted molar refractivity (Wildman–Crippen MR) is 67.3 cm³/mol. The molecule has 1 aliphatic heterocycles. The monoisotopic (exact) mass is 271 g/mol. The molecule has 1 unspecified atom stereocenters. The van der Waals surface area contributed by atoms with Gasteiger partial charge in [0, 0.05) is 25.9 Å². The Labute approximate surface area is 110 Å². The molecule has 1 fully saturated rings. The summed E-state index contributed by atoms with van der Waals surface area (Å²) in [6, 6.07) is 4.51. The zero-order valence-corrected chi connectivity index (χ0v) is 10.7. The molecule has 1 saturated heterocycles. The van der Waals surface area contributed by atoms with Gasteiger partial charge in [-0.1, -0.05) is 23.7 Å². The molecule has 5 heteroatoms. The van der Waals surface area contributed by atoms with Crippen molar-refractivity contribution in [1.29, 1.82) is 0 Å². The van der Waals surface area contributed by atoms with Crippen LogP contribution in [0.3, 0.4) is 0 Å². The number of carbonyl (C=O) groups excluding carboxylic acids is 1. The van der Waals surface area contributed by atoms with Crippen molar-refractivity contribution in [2.45, 2.75) is 18.9 Å². The average Bonchev–Trinajstić information content (AvgIpc) is 2.36. The maximum atomic E-state index is 13.2. The fraction of sp³-hybridized carbons (Fsp3) is 0.462. The Kier molecular flexibility index (Phi) is 4.69. The molecule has 0 amide bonds. The Morgan fingerprint density at radius 2 is 2.39 bits per heavy atom. The first-order chi connectivity index (χ1) is 8.66. The van der Waals surface area contributed by atoms with Crippen LogP contribution in [0.25, 0.3) is 0 Å². The summed E-state index contributed by atoms with van der Waals surface area (Å²) in [5.74, 6) is -0.478. The molecule has 1 atom stereocenters. The van der Waals surface area contributed by atoms with Crippen molar-refractivity contribution in [2.75, 3.05) is 19.7 Å². The van der Waals surface area contributed by atoms with Crippen molar-refractivity contribution in [1.82, 2.24) is 5.32 Å². The molecular formula is C13H15ClFNO2. The van der Waals surface area contributed by atoms with Crippen molar-refractivity contribution in [3.05, 3.63) is 34.6 Å². The van der Waals surface area contributed by atoms with E-state index in [1.54, 1.807) is 12.1 Å². The van der Waals surface area contributed by atoms with E-state index in [1.807, 2.05) is 0 Å². The quantitative estimate of drug-likeness (QED) is 0.910.